The first kappa shape index (κ1) is 17.5. The van der Waals surface area contributed by atoms with E-state index in [2.05, 4.69) is 0 Å². The molecule has 4 aromatic rings. The fourth-order valence-electron chi connectivity index (χ4n) is 3.38. The van der Waals surface area contributed by atoms with Crippen molar-refractivity contribution in [3.63, 3.8) is 0 Å². The highest BCUT2D eigenvalue weighted by atomic mass is 16.4. The van der Waals surface area contributed by atoms with Crippen LogP contribution in [0, 0.1) is 0 Å². The largest absolute Gasteiger partial charge is 0.545 e. The Morgan fingerprint density at radius 2 is 1.54 bits per heavy atom. The second kappa shape index (κ2) is 6.38. The zero-order valence-corrected chi connectivity index (χ0v) is 15.2. The van der Waals surface area contributed by atoms with Gasteiger partial charge in [-0.1, -0.05) is 42.5 Å². The molecule has 140 valence electrons. The maximum absolute atomic E-state index is 12.9. The zero-order chi connectivity index (χ0) is 20.0. The van der Waals surface area contributed by atoms with Crippen LogP contribution >= 0.6 is 0 Å². The highest BCUT2D eigenvalue weighted by molar-refractivity contribution is 5.95. The van der Waals surface area contributed by atoms with E-state index in [-0.39, 0.29) is 11.1 Å². The number of benzene rings is 2. The number of aromatic carboxylic acids is 1. The lowest BCUT2D eigenvalue weighted by atomic mass is 10.1. The van der Waals surface area contributed by atoms with Gasteiger partial charge in [0.25, 0.3) is 5.56 Å². The summed E-state index contributed by atoms with van der Waals surface area (Å²) in [5, 5.41) is 11.5. The molecule has 0 bridgehead atoms. The van der Waals surface area contributed by atoms with Crippen molar-refractivity contribution in [1.29, 1.82) is 0 Å². The molecule has 0 fully saturated rings. The fourth-order valence-corrected chi connectivity index (χ4v) is 3.38. The van der Waals surface area contributed by atoms with E-state index in [1.54, 1.807) is 29.9 Å². The van der Waals surface area contributed by atoms with E-state index in [0.29, 0.717) is 22.3 Å². The fraction of sp³-hybridized carbons (Fsp3) is 0.0952. The zero-order valence-electron chi connectivity index (χ0n) is 15.2. The van der Waals surface area contributed by atoms with Gasteiger partial charge >= 0.3 is 5.69 Å². The minimum Gasteiger partial charge on any atom is -0.545 e. The van der Waals surface area contributed by atoms with Gasteiger partial charge in [-0.25, -0.2) is 4.79 Å². The Labute approximate surface area is 159 Å². The van der Waals surface area contributed by atoms with Crippen molar-refractivity contribution in [3.05, 3.63) is 87.2 Å². The molecule has 0 radical (unpaired) electrons. The van der Waals surface area contributed by atoms with Crippen LogP contribution in [0.3, 0.4) is 0 Å². The smallest absolute Gasteiger partial charge is 0.330 e. The minimum absolute atomic E-state index is 0.0602. The van der Waals surface area contributed by atoms with Crippen LogP contribution < -0.4 is 16.4 Å². The monoisotopic (exact) mass is 374 g/mol. The van der Waals surface area contributed by atoms with Crippen LogP contribution in [0.5, 0.6) is 0 Å². The van der Waals surface area contributed by atoms with Gasteiger partial charge in [0.15, 0.2) is 0 Å². The first-order chi connectivity index (χ1) is 13.4. The van der Waals surface area contributed by atoms with Gasteiger partial charge in [-0.15, -0.1) is 0 Å². The van der Waals surface area contributed by atoms with Crippen LogP contribution in [0.15, 0.2) is 70.4 Å². The number of nitrogens with zero attached hydrogens (tertiary/aromatic N) is 3. The van der Waals surface area contributed by atoms with Crippen LogP contribution in [0.4, 0.5) is 0 Å². The average molecular weight is 374 g/mol. The molecule has 2 heterocycles. The summed E-state index contributed by atoms with van der Waals surface area (Å²) in [4.78, 5) is 36.3. The van der Waals surface area contributed by atoms with Crippen molar-refractivity contribution < 1.29 is 9.90 Å². The molecule has 2 aromatic heterocycles. The molecule has 0 atom stereocenters. The third kappa shape index (κ3) is 2.56. The second-order valence-corrected chi connectivity index (χ2v) is 6.51. The molecule has 0 N–H and O–H groups in total. The van der Waals surface area contributed by atoms with Crippen molar-refractivity contribution in [2.45, 2.75) is 0 Å². The minimum atomic E-state index is -1.26. The maximum atomic E-state index is 12.9. The number of carboxylic acid groups (broad SMARTS) is 1. The molecule has 0 saturated carbocycles. The molecule has 0 unspecified atom stereocenters. The predicted octanol–water partition coefficient (Wildman–Crippen LogP) is 1.06. The molecule has 0 saturated heterocycles. The van der Waals surface area contributed by atoms with E-state index < -0.39 is 11.7 Å². The number of carbonyl (C=O) groups excluding carboxylic acids is 1. The third-order valence-corrected chi connectivity index (χ3v) is 4.87. The molecular weight excluding hydrogens is 358 g/mol. The molecule has 7 nitrogen and oxygen atoms in total. The molecule has 7 heteroatoms. The number of carboxylic acids is 1. The van der Waals surface area contributed by atoms with Crippen LogP contribution in [0.25, 0.3) is 27.8 Å². The Morgan fingerprint density at radius 1 is 0.893 bits per heavy atom. The predicted molar refractivity (Wildman–Crippen MR) is 104 cm³/mol. The summed E-state index contributed by atoms with van der Waals surface area (Å²) in [7, 11) is 3.06. The average Bonchev–Trinajstić information content (AvgIpc) is 3.12. The number of fused-ring (bicyclic) bond motifs is 1. The Balaban J connectivity index is 2.13. The lowest BCUT2D eigenvalue weighted by molar-refractivity contribution is -0.255. The van der Waals surface area contributed by atoms with E-state index in [1.807, 2.05) is 30.3 Å². The molecular formula is C21H16N3O4-. The molecule has 0 aliphatic rings. The summed E-state index contributed by atoms with van der Waals surface area (Å²) in [6.07, 6.45) is 1.72. The van der Waals surface area contributed by atoms with Gasteiger partial charge in [0.05, 0.1) is 22.6 Å². The highest BCUT2D eigenvalue weighted by Gasteiger charge is 2.20. The lowest BCUT2D eigenvalue weighted by Crippen LogP contribution is -2.36. The number of aryl methyl sites for hydroxylation is 1. The van der Waals surface area contributed by atoms with Crippen LogP contribution in [0.2, 0.25) is 0 Å². The molecule has 0 amide bonds. The quantitative estimate of drug-likeness (QED) is 0.536. The number of rotatable bonds is 3. The summed E-state index contributed by atoms with van der Waals surface area (Å²) in [6.45, 7) is 0. The van der Waals surface area contributed by atoms with E-state index in [0.717, 1.165) is 10.1 Å². The van der Waals surface area contributed by atoms with Crippen molar-refractivity contribution in [2.24, 2.45) is 14.1 Å². The summed E-state index contributed by atoms with van der Waals surface area (Å²) >= 11 is 0. The Hall–Kier alpha value is -3.87. The van der Waals surface area contributed by atoms with E-state index in [4.69, 9.17) is 0 Å². The van der Waals surface area contributed by atoms with Gasteiger partial charge in [-0.2, -0.15) is 0 Å². The van der Waals surface area contributed by atoms with E-state index in [1.165, 1.54) is 23.7 Å². The normalized spacial score (nSPS) is 11.1. The SMILES string of the molecule is Cn1c(=O)c2c(-c3ccccc3)n(-c3ccc(C(=O)[O-])cc3)cc2n(C)c1=O. The van der Waals surface area contributed by atoms with Gasteiger partial charge in [0.2, 0.25) is 0 Å². The van der Waals surface area contributed by atoms with E-state index >= 15 is 0 Å². The van der Waals surface area contributed by atoms with Crippen molar-refractivity contribution >= 4 is 16.9 Å². The van der Waals surface area contributed by atoms with Gasteiger partial charge in [0.1, 0.15) is 0 Å². The first-order valence-electron chi connectivity index (χ1n) is 8.58. The molecule has 28 heavy (non-hydrogen) atoms. The summed E-state index contributed by atoms with van der Waals surface area (Å²) < 4.78 is 4.30. The number of hydrogen-bond donors (Lipinski definition) is 0. The van der Waals surface area contributed by atoms with Crippen LogP contribution in [-0.2, 0) is 14.1 Å². The Bertz CT molecular complexity index is 1330. The number of carbonyl (C=O) groups is 1. The number of aromatic nitrogens is 3. The number of hydrogen-bond acceptors (Lipinski definition) is 4. The third-order valence-electron chi connectivity index (χ3n) is 4.87. The first-order valence-corrected chi connectivity index (χ1v) is 8.58. The van der Waals surface area contributed by atoms with Crippen LogP contribution in [-0.4, -0.2) is 19.7 Å². The van der Waals surface area contributed by atoms with E-state index in [9.17, 15) is 19.5 Å². The van der Waals surface area contributed by atoms with Crippen molar-refractivity contribution in [3.8, 4) is 16.9 Å². The van der Waals surface area contributed by atoms with Gasteiger partial charge in [-0.05, 0) is 23.3 Å². The standard InChI is InChI=1S/C21H17N3O4/c1-22-16-12-24(15-10-8-14(9-11-15)20(26)27)18(13-6-4-3-5-7-13)17(16)19(25)23(2)21(22)28/h3-12H,1-2H3,(H,26,27)/p-1. The van der Waals surface area contributed by atoms with Gasteiger partial charge in [0, 0.05) is 26.0 Å². The highest BCUT2D eigenvalue weighted by Crippen LogP contribution is 2.30. The summed E-state index contributed by atoms with van der Waals surface area (Å²) in [5.41, 5.74) is 1.85. The van der Waals surface area contributed by atoms with Crippen molar-refractivity contribution in [1.82, 2.24) is 13.7 Å². The van der Waals surface area contributed by atoms with Gasteiger partial charge < -0.3 is 14.5 Å². The molecule has 2 aromatic carbocycles. The Morgan fingerprint density at radius 3 is 2.14 bits per heavy atom. The topological polar surface area (TPSA) is 89.1 Å². The van der Waals surface area contributed by atoms with Crippen molar-refractivity contribution in [2.75, 3.05) is 0 Å². The summed E-state index contributed by atoms with van der Waals surface area (Å²) in [6, 6.07) is 15.5. The Kier molecular flexibility index (Phi) is 4.00. The van der Waals surface area contributed by atoms with Crippen LogP contribution in [0.1, 0.15) is 10.4 Å². The lowest BCUT2D eigenvalue weighted by Gasteiger charge is -2.11. The second-order valence-electron chi connectivity index (χ2n) is 6.51. The molecule has 0 aliphatic carbocycles. The maximum Gasteiger partial charge on any atom is 0.330 e. The van der Waals surface area contributed by atoms with Gasteiger partial charge in [-0.3, -0.25) is 13.9 Å². The molecule has 0 spiro atoms. The molecule has 0 aliphatic heterocycles. The summed E-state index contributed by atoms with van der Waals surface area (Å²) in [5.74, 6) is -1.26. The molecule has 4 rings (SSSR count).